The largest absolute Gasteiger partial charge is 0.481 e. The van der Waals surface area contributed by atoms with Gasteiger partial charge in [-0.15, -0.1) is 0 Å². The summed E-state index contributed by atoms with van der Waals surface area (Å²) in [5, 5.41) is 11.1. The molecule has 0 aliphatic rings. The van der Waals surface area contributed by atoms with E-state index in [9.17, 15) is 9.90 Å². The zero-order chi connectivity index (χ0) is 15.4. The highest BCUT2D eigenvalue weighted by atomic mass is 35.5. The first kappa shape index (κ1) is 16.2. The molecule has 1 atom stereocenters. The van der Waals surface area contributed by atoms with Gasteiger partial charge in [0.15, 0.2) is 0 Å². The molecule has 110 valence electrons. The van der Waals surface area contributed by atoms with Gasteiger partial charge in [0, 0.05) is 15.1 Å². The Morgan fingerprint density at radius 2 is 1.57 bits per heavy atom. The highest BCUT2D eigenvalue weighted by molar-refractivity contribution is 6.33. The van der Waals surface area contributed by atoms with Crippen molar-refractivity contribution in [1.29, 1.82) is 0 Å². The van der Waals surface area contributed by atoms with Gasteiger partial charge in [0.2, 0.25) is 0 Å². The maximum atomic E-state index is 11.5. The van der Waals surface area contributed by atoms with E-state index in [1.165, 1.54) is 0 Å². The van der Waals surface area contributed by atoms with Gasteiger partial charge in [0.05, 0.1) is 5.92 Å². The van der Waals surface area contributed by atoms with Crippen LogP contribution in [0.5, 0.6) is 0 Å². The van der Waals surface area contributed by atoms with Gasteiger partial charge in [-0.25, -0.2) is 0 Å². The molecular weight excluding hydrogens is 331 g/mol. The highest BCUT2D eigenvalue weighted by Gasteiger charge is 2.21. The molecule has 0 radical (unpaired) electrons. The molecule has 0 aliphatic carbocycles. The number of carboxylic acid groups (broad SMARTS) is 1. The van der Waals surface area contributed by atoms with E-state index < -0.39 is 11.9 Å². The number of benzene rings is 2. The molecule has 0 aliphatic heterocycles. The van der Waals surface area contributed by atoms with Crippen molar-refractivity contribution in [3.63, 3.8) is 0 Å². The van der Waals surface area contributed by atoms with Crippen LogP contribution in [0.4, 0.5) is 0 Å². The summed E-state index contributed by atoms with van der Waals surface area (Å²) in [5.74, 6) is -1.49. The molecule has 5 heteroatoms. The molecule has 2 rings (SSSR count). The van der Waals surface area contributed by atoms with E-state index in [1.54, 1.807) is 24.3 Å². The van der Waals surface area contributed by atoms with E-state index in [1.807, 2.05) is 18.2 Å². The molecule has 21 heavy (non-hydrogen) atoms. The maximum Gasteiger partial charge on any atom is 0.307 e. The van der Waals surface area contributed by atoms with Crippen molar-refractivity contribution in [3.05, 3.63) is 68.7 Å². The lowest BCUT2D eigenvalue weighted by atomic mass is 9.92. The molecule has 2 aromatic rings. The van der Waals surface area contributed by atoms with Crippen LogP contribution in [0, 0.1) is 5.92 Å². The molecule has 2 aromatic carbocycles. The number of hydrogen-bond acceptors (Lipinski definition) is 1. The number of carboxylic acids is 1. The number of rotatable bonds is 5. The Balaban J connectivity index is 2.22. The van der Waals surface area contributed by atoms with Crippen molar-refractivity contribution in [3.8, 4) is 0 Å². The first-order valence-electron chi connectivity index (χ1n) is 6.37. The minimum absolute atomic E-state index is 0.306. The van der Waals surface area contributed by atoms with Crippen molar-refractivity contribution >= 4 is 40.8 Å². The van der Waals surface area contributed by atoms with Gasteiger partial charge in [0.25, 0.3) is 0 Å². The standard InChI is InChI=1S/C16H13Cl3O2/c17-13-5-6-15(19)11(9-13)8-12(16(20)21)7-10-3-1-2-4-14(10)18/h1-6,9,12H,7-8H2,(H,20,21). The van der Waals surface area contributed by atoms with Gasteiger partial charge < -0.3 is 5.11 Å². The zero-order valence-corrected chi connectivity index (χ0v) is 13.3. The summed E-state index contributed by atoms with van der Waals surface area (Å²) in [4.78, 5) is 11.5. The Morgan fingerprint density at radius 1 is 0.952 bits per heavy atom. The highest BCUT2D eigenvalue weighted by Crippen LogP contribution is 2.26. The van der Waals surface area contributed by atoms with Gasteiger partial charge in [0.1, 0.15) is 0 Å². The Bertz CT molecular complexity index is 656. The van der Waals surface area contributed by atoms with E-state index in [4.69, 9.17) is 34.8 Å². The molecule has 0 saturated heterocycles. The van der Waals surface area contributed by atoms with Crippen LogP contribution in [0.3, 0.4) is 0 Å². The van der Waals surface area contributed by atoms with E-state index in [0.717, 1.165) is 11.1 Å². The van der Waals surface area contributed by atoms with Crippen molar-refractivity contribution in [2.75, 3.05) is 0 Å². The molecule has 1 N–H and O–H groups in total. The molecule has 0 heterocycles. The van der Waals surface area contributed by atoms with E-state index in [0.29, 0.717) is 27.9 Å². The summed E-state index contributed by atoms with van der Waals surface area (Å²) >= 11 is 18.1. The summed E-state index contributed by atoms with van der Waals surface area (Å²) < 4.78 is 0. The van der Waals surface area contributed by atoms with Gasteiger partial charge in [-0.2, -0.15) is 0 Å². The maximum absolute atomic E-state index is 11.5. The third kappa shape index (κ3) is 4.37. The number of hydrogen-bond donors (Lipinski definition) is 1. The first-order valence-corrected chi connectivity index (χ1v) is 7.51. The zero-order valence-electron chi connectivity index (χ0n) is 11.0. The molecule has 0 spiro atoms. The quantitative estimate of drug-likeness (QED) is 0.817. The molecule has 0 saturated carbocycles. The van der Waals surface area contributed by atoms with E-state index in [-0.39, 0.29) is 0 Å². The van der Waals surface area contributed by atoms with Crippen LogP contribution in [0.15, 0.2) is 42.5 Å². The Morgan fingerprint density at radius 3 is 2.24 bits per heavy atom. The van der Waals surface area contributed by atoms with Gasteiger partial charge in [-0.05, 0) is 48.2 Å². The third-order valence-corrected chi connectivity index (χ3v) is 4.22. The molecule has 0 fully saturated rings. The molecule has 1 unspecified atom stereocenters. The van der Waals surface area contributed by atoms with E-state index in [2.05, 4.69) is 0 Å². The summed E-state index contributed by atoms with van der Waals surface area (Å²) in [6, 6.07) is 12.3. The average Bonchev–Trinajstić information content (AvgIpc) is 2.44. The minimum Gasteiger partial charge on any atom is -0.481 e. The van der Waals surface area contributed by atoms with Crippen molar-refractivity contribution in [2.45, 2.75) is 12.8 Å². The monoisotopic (exact) mass is 342 g/mol. The third-order valence-electron chi connectivity index (χ3n) is 3.25. The fraction of sp³-hybridized carbons (Fsp3) is 0.188. The Kier molecular flexibility index (Phi) is 5.51. The minimum atomic E-state index is -0.883. The predicted octanol–water partition coefficient (Wildman–Crippen LogP) is 5.13. The fourth-order valence-electron chi connectivity index (χ4n) is 2.14. The second kappa shape index (κ2) is 7.17. The fourth-order valence-corrected chi connectivity index (χ4v) is 2.74. The lowest BCUT2D eigenvalue weighted by molar-refractivity contribution is -0.141. The molecule has 0 bridgehead atoms. The van der Waals surface area contributed by atoms with Crippen LogP contribution >= 0.6 is 34.8 Å². The van der Waals surface area contributed by atoms with Crippen LogP contribution in [0.25, 0.3) is 0 Å². The number of halogens is 3. The SMILES string of the molecule is O=C(O)C(Cc1ccccc1Cl)Cc1cc(Cl)ccc1Cl. The Labute approximate surface area is 138 Å². The van der Waals surface area contributed by atoms with Gasteiger partial charge in [-0.1, -0.05) is 53.0 Å². The summed E-state index contributed by atoms with van der Waals surface area (Å²) in [7, 11) is 0. The lowest BCUT2D eigenvalue weighted by Crippen LogP contribution is -2.19. The Hall–Kier alpha value is -1.22. The average molecular weight is 344 g/mol. The van der Waals surface area contributed by atoms with Crippen LogP contribution in [-0.4, -0.2) is 11.1 Å². The van der Waals surface area contributed by atoms with Crippen molar-refractivity contribution < 1.29 is 9.90 Å². The molecular formula is C16H13Cl3O2. The smallest absolute Gasteiger partial charge is 0.307 e. The summed E-state index contributed by atoms with van der Waals surface area (Å²) in [5.41, 5.74) is 1.54. The molecule has 0 aromatic heterocycles. The van der Waals surface area contributed by atoms with Crippen molar-refractivity contribution in [1.82, 2.24) is 0 Å². The molecule has 0 amide bonds. The van der Waals surface area contributed by atoms with Crippen LogP contribution in [-0.2, 0) is 17.6 Å². The van der Waals surface area contributed by atoms with Crippen LogP contribution in [0.2, 0.25) is 15.1 Å². The topological polar surface area (TPSA) is 37.3 Å². The second-order valence-corrected chi connectivity index (χ2v) is 6.02. The lowest BCUT2D eigenvalue weighted by Gasteiger charge is -2.14. The summed E-state index contributed by atoms with van der Waals surface area (Å²) in [6.45, 7) is 0. The van der Waals surface area contributed by atoms with Gasteiger partial charge >= 0.3 is 5.97 Å². The number of carbonyl (C=O) groups is 1. The van der Waals surface area contributed by atoms with Crippen molar-refractivity contribution in [2.24, 2.45) is 5.92 Å². The van der Waals surface area contributed by atoms with Gasteiger partial charge in [-0.3, -0.25) is 4.79 Å². The van der Waals surface area contributed by atoms with Crippen LogP contribution in [0.1, 0.15) is 11.1 Å². The van der Waals surface area contributed by atoms with E-state index >= 15 is 0 Å². The second-order valence-electron chi connectivity index (χ2n) is 4.77. The predicted molar refractivity (Wildman–Crippen MR) is 86.4 cm³/mol. The van der Waals surface area contributed by atoms with Crippen LogP contribution < -0.4 is 0 Å². The normalized spacial score (nSPS) is 12.1. The summed E-state index contributed by atoms with van der Waals surface area (Å²) in [6.07, 6.45) is 0.651. The first-order chi connectivity index (χ1) is 9.97. The molecule has 2 nitrogen and oxygen atoms in total. The number of aliphatic carboxylic acids is 1.